The number of halogens is 6. The van der Waals surface area contributed by atoms with Gasteiger partial charge in [-0.25, -0.2) is 0 Å². The zero-order valence-electron chi connectivity index (χ0n) is 7.68. The van der Waals surface area contributed by atoms with E-state index in [1.165, 1.54) is 0 Å². The monoisotopic (exact) mass is 220 g/mol. The Labute approximate surface area is 77.9 Å². The first-order chi connectivity index (χ1) is 6.07. The second-order valence-electron chi connectivity index (χ2n) is 1.95. The van der Waals surface area contributed by atoms with Crippen LogP contribution in [0.2, 0.25) is 0 Å². The van der Waals surface area contributed by atoms with Crippen molar-refractivity contribution in [2.75, 3.05) is 0 Å². The van der Waals surface area contributed by atoms with Crippen LogP contribution in [0, 0.1) is 0 Å². The molecule has 0 aliphatic rings. The van der Waals surface area contributed by atoms with E-state index in [1.54, 1.807) is 0 Å². The minimum atomic E-state index is -5.08. The van der Waals surface area contributed by atoms with Gasteiger partial charge in [0.05, 0.1) is 11.1 Å². The van der Waals surface area contributed by atoms with Crippen molar-refractivity contribution >= 4 is 0 Å². The highest BCUT2D eigenvalue weighted by Crippen LogP contribution is 2.37. The third kappa shape index (κ3) is 4.94. The van der Waals surface area contributed by atoms with Crippen LogP contribution in [-0.4, -0.2) is 12.4 Å². The standard InChI is InChI=1S/C6H4F6.C2H6/c1-3(5(7,8)9)4(2)6(10,11)12;1-2/h1-2H2;1-2H3. The summed E-state index contributed by atoms with van der Waals surface area (Å²) in [5.41, 5.74) is -3.93. The van der Waals surface area contributed by atoms with Gasteiger partial charge < -0.3 is 0 Å². The molecule has 0 saturated heterocycles. The van der Waals surface area contributed by atoms with Crippen LogP contribution >= 0.6 is 0 Å². The summed E-state index contributed by atoms with van der Waals surface area (Å²) in [6.45, 7) is 8.50. The maximum Gasteiger partial charge on any atom is 0.416 e. The molecule has 0 N–H and O–H groups in total. The van der Waals surface area contributed by atoms with Crippen molar-refractivity contribution in [2.24, 2.45) is 0 Å². The maximum atomic E-state index is 11.6. The molecule has 0 aromatic rings. The van der Waals surface area contributed by atoms with E-state index in [9.17, 15) is 26.3 Å². The molecular formula is C8H10F6. The maximum absolute atomic E-state index is 11.6. The molecule has 0 radical (unpaired) electrons. The van der Waals surface area contributed by atoms with Gasteiger partial charge in [-0.2, -0.15) is 26.3 Å². The van der Waals surface area contributed by atoms with Gasteiger partial charge in [-0.05, 0) is 0 Å². The molecule has 0 amide bonds. The lowest BCUT2D eigenvalue weighted by atomic mass is 10.1. The normalized spacial score (nSPS) is 11.4. The van der Waals surface area contributed by atoms with Crippen molar-refractivity contribution in [1.82, 2.24) is 0 Å². The first-order valence-corrected chi connectivity index (χ1v) is 3.59. The second kappa shape index (κ2) is 5.07. The van der Waals surface area contributed by atoms with Crippen LogP contribution in [0.3, 0.4) is 0 Å². The third-order valence-corrected chi connectivity index (χ3v) is 1.05. The van der Waals surface area contributed by atoms with Crippen LogP contribution in [0.15, 0.2) is 24.3 Å². The Morgan fingerprint density at radius 3 is 0.929 bits per heavy atom. The van der Waals surface area contributed by atoms with Crippen LogP contribution in [0.1, 0.15) is 13.8 Å². The predicted octanol–water partition coefficient (Wildman–Crippen LogP) is 4.25. The van der Waals surface area contributed by atoms with E-state index in [1.807, 2.05) is 13.8 Å². The average Bonchev–Trinajstić information content (AvgIpc) is 2.02. The smallest absolute Gasteiger partial charge is 0.166 e. The quantitative estimate of drug-likeness (QED) is 0.457. The molecule has 0 aliphatic heterocycles. The van der Waals surface area contributed by atoms with Crippen LogP contribution < -0.4 is 0 Å². The fourth-order valence-electron chi connectivity index (χ4n) is 0.342. The Kier molecular flexibility index (Phi) is 5.62. The van der Waals surface area contributed by atoms with Crippen molar-refractivity contribution in [3.8, 4) is 0 Å². The van der Waals surface area contributed by atoms with Crippen molar-refractivity contribution in [2.45, 2.75) is 26.2 Å². The molecule has 14 heavy (non-hydrogen) atoms. The minimum absolute atomic E-state index is 1.96. The first kappa shape index (κ1) is 15.5. The summed E-state index contributed by atoms with van der Waals surface area (Å²) in [6.07, 6.45) is -10.2. The van der Waals surface area contributed by atoms with Gasteiger partial charge in [-0.15, -0.1) is 0 Å². The molecule has 0 unspecified atom stereocenters. The Hall–Kier alpha value is -0.940. The molecule has 0 aromatic heterocycles. The van der Waals surface area contributed by atoms with Crippen LogP contribution in [0.5, 0.6) is 0 Å². The zero-order valence-corrected chi connectivity index (χ0v) is 7.68. The zero-order chi connectivity index (χ0) is 12.2. The van der Waals surface area contributed by atoms with Crippen LogP contribution in [0.25, 0.3) is 0 Å². The summed E-state index contributed by atoms with van der Waals surface area (Å²) < 4.78 is 69.4. The van der Waals surface area contributed by atoms with E-state index in [0.717, 1.165) is 0 Å². The Morgan fingerprint density at radius 1 is 0.714 bits per heavy atom. The fourth-order valence-corrected chi connectivity index (χ4v) is 0.342. The van der Waals surface area contributed by atoms with Crippen molar-refractivity contribution in [3.63, 3.8) is 0 Å². The summed E-state index contributed by atoms with van der Waals surface area (Å²) in [7, 11) is 0. The fraction of sp³-hybridized carbons (Fsp3) is 0.500. The Bertz CT molecular complexity index is 183. The lowest BCUT2D eigenvalue weighted by molar-refractivity contribution is -0.117. The van der Waals surface area contributed by atoms with E-state index in [4.69, 9.17) is 0 Å². The molecule has 0 rings (SSSR count). The number of alkyl halides is 6. The molecule has 0 aliphatic carbocycles. The number of allylic oxidation sites excluding steroid dienone is 2. The van der Waals surface area contributed by atoms with Gasteiger partial charge in [0.15, 0.2) is 0 Å². The van der Waals surface area contributed by atoms with Crippen molar-refractivity contribution in [3.05, 3.63) is 24.3 Å². The van der Waals surface area contributed by atoms with E-state index in [0.29, 0.717) is 0 Å². The SMILES string of the molecule is C=C(C(=C)C(F)(F)F)C(F)(F)F.CC. The van der Waals surface area contributed by atoms with Gasteiger partial charge in [0.1, 0.15) is 0 Å². The summed E-state index contributed by atoms with van der Waals surface area (Å²) in [5.74, 6) is 0. The topological polar surface area (TPSA) is 0 Å². The largest absolute Gasteiger partial charge is 0.416 e. The first-order valence-electron chi connectivity index (χ1n) is 3.59. The highest BCUT2D eigenvalue weighted by molar-refractivity contribution is 5.33. The summed E-state index contributed by atoms with van der Waals surface area (Å²) in [6, 6.07) is 0. The lowest BCUT2D eigenvalue weighted by Gasteiger charge is -2.14. The molecule has 6 heteroatoms. The number of rotatable bonds is 1. The summed E-state index contributed by atoms with van der Waals surface area (Å²) >= 11 is 0. The molecule has 0 fully saturated rings. The van der Waals surface area contributed by atoms with E-state index < -0.39 is 23.5 Å². The van der Waals surface area contributed by atoms with Gasteiger partial charge in [0.2, 0.25) is 0 Å². The van der Waals surface area contributed by atoms with Gasteiger partial charge >= 0.3 is 12.4 Å². The highest BCUT2D eigenvalue weighted by atomic mass is 19.4. The van der Waals surface area contributed by atoms with Gasteiger partial charge in [-0.1, -0.05) is 27.0 Å². The second-order valence-corrected chi connectivity index (χ2v) is 1.95. The number of hydrogen-bond donors (Lipinski definition) is 0. The molecular weight excluding hydrogens is 210 g/mol. The summed E-state index contributed by atoms with van der Waals surface area (Å²) in [5, 5.41) is 0. The lowest BCUT2D eigenvalue weighted by Crippen LogP contribution is -2.21. The molecule has 0 heterocycles. The Morgan fingerprint density at radius 2 is 0.857 bits per heavy atom. The van der Waals surface area contributed by atoms with Crippen molar-refractivity contribution in [1.29, 1.82) is 0 Å². The summed E-state index contributed by atoms with van der Waals surface area (Å²) in [4.78, 5) is 0. The van der Waals surface area contributed by atoms with Gasteiger partial charge in [0.25, 0.3) is 0 Å². The predicted molar refractivity (Wildman–Crippen MR) is 41.7 cm³/mol. The molecule has 84 valence electrons. The number of hydrogen-bond acceptors (Lipinski definition) is 0. The van der Waals surface area contributed by atoms with Crippen LogP contribution in [-0.2, 0) is 0 Å². The highest BCUT2D eigenvalue weighted by Gasteiger charge is 2.43. The molecule has 0 bridgehead atoms. The van der Waals surface area contributed by atoms with E-state index >= 15 is 0 Å². The molecule has 0 atom stereocenters. The average molecular weight is 220 g/mol. The van der Waals surface area contributed by atoms with E-state index in [2.05, 4.69) is 13.2 Å². The molecule has 0 saturated carbocycles. The van der Waals surface area contributed by atoms with Crippen molar-refractivity contribution < 1.29 is 26.3 Å². The van der Waals surface area contributed by atoms with Gasteiger partial charge in [-0.3, -0.25) is 0 Å². The van der Waals surface area contributed by atoms with E-state index in [-0.39, 0.29) is 0 Å². The molecule has 0 spiro atoms. The molecule has 0 nitrogen and oxygen atoms in total. The minimum Gasteiger partial charge on any atom is -0.166 e. The molecule has 0 aromatic carbocycles. The van der Waals surface area contributed by atoms with Gasteiger partial charge in [0, 0.05) is 0 Å². The Balaban J connectivity index is 0. The van der Waals surface area contributed by atoms with Crippen LogP contribution in [0.4, 0.5) is 26.3 Å². The third-order valence-electron chi connectivity index (χ3n) is 1.05.